The summed E-state index contributed by atoms with van der Waals surface area (Å²) in [7, 11) is 3.69. The third kappa shape index (κ3) is 3.23. The Hall–Kier alpha value is -1.03. The Labute approximate surface area is 91.6 Å². The average molecular weight is 211 g/mol. The molecule has 0 saturated carbocycles. The highest BCUT2D eigenvalue weighted by Gasteiger charge is 2.09. The maximum atomic E-state index is 5.15. The molecule has 1 N–H and O–H groups in total. The molecule has 0 spiro atoms. The lowest BCUT2D eigenvalue weighted by Gasteiger charge is -2.16. The fourth-order valence-corrected chi connectivity index (χ4v) is 1.51. The zero-order chi connectivity index (χ0) is 11.3. The van der Waals surface area contributed by atoms with Crippen LogP contribution >= 0.6 is 0 Å². The third-order valence-electron chi connectivity index (χ3n) is 2.51. The minimum atomic E-state index is 0.357. The van der Waals surface area contributed by atoms with E-state index in [1.807, 2.05) is 11.7 Å². The summed E-state index contributed by atoms with van der Waals surface area (Å²) in [6.45, 7) is 4.98. The molecule has 0 radical (unpaired) electrons. The Kier molecular flexibility index (Phi) is 4.62. The minimum Gasteiger partial charge on any atom is -0.383 e. The summed E-state index contributed by atoms with van der Waals surface area (Å²) >= 11 is 0. The first-order chi connectivity index (χ1) is 7.21. The molecule has 0 aliphatic carbocycles. The molecule has 15 heavy (non-hydrogen) atoms. The lowest BCUT2D eigenvalue weighted by molar-refractivity contribution is 0.184. The molecule has 1 heterocycles. The molecule has 1 rings (SSSR count). The van der Waals surface area contributed by atoms with Gasteiger partial charge in [-0.25, -0.2) is 0 Å². The number of ether oxygens (including phenoxy) is 1. The van der Waals surface area contributed by atoms with E-state index in [4.69, 9.17) is 4.74 Å². The molecule has 4 nitrogen and oxygen atoms in total. The Morgan fingerprint density at radius 2 is 2.27 bits per heavy atom. The molecule has 0 aromatic carbocycles. The van der Waals surface area contributed by atoms with Gasteiger partial charge in [0.05, 0.1) is 18.3 Å². The molecule has 0 bridgehead atoms. The Morgan fingerprint density at radius 3 is 2.73 bits per heavy atom. The van der Waals surface area contributed by atoms with E-state index in [0.717, 1.165) is 31.0 Å². The van der Waals surface area contributed by atoms with Crippen molar-refractivity contribution in [2.24, 2.45) is 7.05 Å². The average Bonchev–Trinajstić information content (AvgIpc) is 2.59. The van der Waals surface area contributed by atoms with E-state index in [0.29, 0.717) is 6.04 Å². The second kappa shape index (κ2) is 5.75. The summed E-state index contributed by atoms with van der Waals surface area (Å²) < 4.78 is 7.03. The Balaban J connectivity index is 2.65. The molecule has 1 aromatic heterocycles. The lowest BCUT2D eigenvalue weighted by Crippen LogP contribution is -2.25. The third-order valence-corrected chi connectivity index (χ3v) is 2.51. The summed E-state index contributed by atoms with van der Waals surface area (Å²) in [4.78, 5) is 0. The molecular weight excluding hydrogens is 190 g/mol. The summed E-state index contributed by atoms with van der Waals surface area (Å²) in [5, 5.41) is 7.82. The smallest absolute Gasteiger partial charge is 0.124 e. The lowest BCUT2D eigenvalue weighted by atomic mass is 10.2. The van der Waals surface area contributed by atoms with Gasteiger partial charge in [-0.2, -0.15) is 5.10 Å². The minimum absolute atomic E-state index is 0.357. The molecule has 0 aliphatic heterocycles. The maximum Gasteiger partial charge on any atom is 0.124 e. The molecule has 1 atom stereocenters. The van der Waals surface area contributed by atoms with Gasteiger partial charge in [-0.3, -0.25) is 4.68 Å². The SMILES string of the molecule is CCc1cc(NC(CC)COC)n(C)n1. The monoisotopic (exact) mass is 211 g/mol. The first-order valence-corrected chi connectivity index (χ1v) is 5.49. The van der Waals surface area contributed by atoms with Gasteiger partial charge in [0.2, 0.25) is 0 Å². The van der Waals surface area contributed by atoms with Crippen LogP contribution in [0.25, 0.3) is 0 Å². The van der Waals surface area contributed by atoms with Gasteiger partial charge in [0.25, 0.3) is 0 Å². The van der Waals surface area contributed by atoms with Crippen LogP contribution in [0.4, 0.5) is 5.82 Å². The summed E-state index contributed by atoms with van der Waals surface area (Å²) in [5.74, 6) is 1.07. The number of anilines is 1. The zero-order valence-corrected chi connectivity index (χ0v) is 10.1. The summed E-state index contributed by atoms with van der Waals surface area (Å²) in [5.41, 5.74) is 1.12. The van der Waals surface area contributed by atoms with Gasteiger partial charge in [-0.05, 0) is 12.8 Å². The van der Waals surface area contributed by atoms with Crippen LogP contribution in [0.1, 0.15) is 26.0 Å². The maximum absolute atomic E-state index is 5.15. The molecule has 0 aliphatic rings. The quantitative estimate of drug-likeness (QED) is 0.780. The number of aromatic nitrogens is 2. The van der Waals surface area contributed by atoms with E-state index in [1.165, 1.54) is 0 Å². The first-order valence-electron chi connectivity index (χ1n) is 5.49. The number of rotatable bonds is 6. The van der Waals surface area contributed by atoms with Gasteiger partial charge in [0.1, 0.15) is 5.82 Å². The molecule has 0 saturated heterocycles. The van der Waals surface area contributed by atoms with Crippen LogP contribution in [0.2, 0.25) is 0 Å². The number of hydrogen-bond donors (Lipinski definition) is 1. The van der Waals surface area contributed by atoms with Gasteiger partial charge in [-0.1, -0.05) is 13.8 Å². The van der Waals surface area contributed by atoms with E-state index in [2.05, 4.69) is 30.3 Å². The van der Waals surface area contributed by atoms with Crippen LogP contribution in [0.5, 0.6) is 0 Å². The zero-order valence-electron chi connectivity index (χ0n) is 10.1. The number of methoxy groups -OCH3 is 1. The van der Waals surface area contributed by atoms with Crippen molar-refractivity contribution >= 4 is 5.82 Å². The number of nitrogens with one attached hydrogen (secondary N) is 1. The van der Waals surface area contributed by atoms with Crippen LogP contribution in [-0.2, 0) is 18.2 Å². The van der Waals surface area contributed by atoms with Crippen LogP contribution in [-0.4, -0.2) is 29.5 Å². The summed E-state index contributed by atoms with van der Waals surface area (Å²) in [6.07, 6.45) is 2.01. The van der Waals surface area contributed by atoms with Gasteiger partial charge in [0, 0.05) is 20.2 Å². The highest BCUT2D eigenvalue weighted by molar-refractivity contribution is 5.38. The number of hydrogen-bond acceptors (Lipinski definition) is 3. The standard InChI is InChI=1S/C11H21N3O/c1-5-9-7-11(14(3)13-9)12-10(6-2)8-15-4/h7,10,12H,5-6,8H2,1-4H3. The number of nitrogens with zero attached hydrogens (tertiary/aromatic N) is 2. The second-order valence-electron chi connectivity index (χ2n) is 3.70. The van der Waals surface area contributed by atoms with Crippen molar-refractivity contribution in [1.82, 2.24) is 9.78 Å². The predicted molar refractivity (Wildman–Crippen MR) is 62.2 cm³/mol. The topological polar surface area (TPSA) is 39.1 Å². The van der Waals surface area contributed by atoms with E-state index >= 15 is 0 Å². The van der Waals surface area contributed by atoms with Crippen molar-refractivity contribution in [2.75, 3.05) is 19.0 Å². The molecule has 0 amide bonds. The van der Waals surface area contributed by atoms with Crippen LogP contribution in [0, 0.1) is 0 Å². The Bertz CT molecular complexity index is 296. The van der Waals surface area contributed by atoms with Gasteiger partial charge < -0.3 is 10.1 Å². The van der Waals surface area contributed by atoms with Crippen molar-refractivity contribution in [3.8, 4) is 0 Å². The highest BCUT2D eigenvalue weighted by Crippen LogP contribution is 2.12. The van der Waals surface area contributed by atoms with E-state index in [-0.39, 0.29) is 0 Å². The number of aryl methyl sites for hydroxylation is 2. The van der Waals surface area contributed by atoms with E-state index in [1.54, 1.807) is 7.11 Å². The second-order valence-corrected chi connectivity index (χ2v) is 3.70. The molecule has 1 aromatic rings. The fourth-order valence-electron chi connectivity index (χ4n) is 1.51. The van der Waals surface area contributed by atoms with E-state index < -0.39 is 0 Å². The van der Waals surface area contributed by atoms with Crippen LogP contribution < -0.4 is 5.32 Å². The fraction of sp³-hybridized carbons (Fsp3) is 0.727. The first kappa shape index (κ1) is 12.0. The van der Waals surface area contributed by atoms with E-state index in [9.17, 15) is 0 Å². The normalized spacial score (nSPS) is 12.8. The van der Waals surface area contributed by atoms with Gasteiger partial charge in [-0.15, -0.1) is 0 Å². The molecule has 86 valence electrons. The highest BCUT2D eigenvalue weighted by atomic mass is 16.5. The van der Waals surface area contributed by atoms with Crippen molar-refractivity contribution in [2.45, 2.75) is 32.7 Å². The van der Waals surface area contributed by atoms with Crippen molar-refractivity contribution in [3.63, 3.8) is 0 Å². The molecule has 4 heteroatoms. The van der Waals surface area contributed by atoms with Crippen molar-refractivity contribution in [1.29, 1.82) is 0 Å². The molecular formula is C11H21N3O. The molecule has 1 unspecified atom stereocenters. The predicted octanol–water partition coefficient (Wildman–Crippen LogP) is 1.82. The van der Waals surface area contributed by atoms with Crippen molar-refractivity contribution in [3.05, 3.63) is 11.8 Å². The van der Waals surface area contributed by atoms with Gasteiger partial charge in [0.15, 0.2) is 0 Å². The van der Waals surface area contributed by atoms with Gasteiger partial charge >= 0.3 is 0 Å². The summed E-state index contributed by atoms with van der Waals surface area (Å²) in [6, 6.07) is 2.45. The van der Waals surface area contributed by atoms with Crippen LogP contribution in [0.3, 0.4) is 0 Å². The van der Waals surface area contributed by atoms with Crippen molar-refractivity contribution < 1.29 is 4.74 Å². The van der Waals surface area contributed by atoms with Crippen LogP contribution in [0.15, 0.2) is 6.07 Å². The molecule has 0 fully saturated rings. The Morgan fingerprint density at radius 1 is 1.53 bits per heavy atom. The largest absolute Gasteiger partial charge is 0.383 e.